The highest BCUT2D eigenvalue weighted by atomic mass is 16.3. The van der Waals surface area contributed by atoms with E-state index in [9.17, 15) is 14.7 Å². The monoisotopic (exact) mass is 440 g/mol. The van der Waals surface area contributed by atoms with Gasteiger partial charge < -0.3 is 16.2 Å². The van der Waals surface area contributed by atoms with Gasteiger partial charge in [0.1, 0.15) is 0 Å². The summed E-state index contributed by atoms with van der Waals surface area (Å²) in [5.74, 6) is -0.721. The number of primary amides is 1. The number of carbonyl (C=O) groups is 2. The number of aliphatic imine (C=N–C) groups is 1. The molecule has 0 fully saturated rings. The minimum absolute atomic E-state index is 0.200. The summed E-state index contributed by atoms with van der Waals surface area (Å²) in [6.45, 7) is 2.03. The van der Waals surface area contributed by atoms with Gasteiger partial charge in [-0.15, -0.1) is 0 Å². The van der Waals surface area contributed by atoms with Crippen molar-refractivity contribution in [2.24, 2.45) is 10.7 Å². The molecule has 1 aromatic heterocycles. The Bertz CT molecular complexity index is 1370. The van der Waals surface area contributed by atoms with Crippen molar-refractivity contribution >= 4 is 34.2 Å². The first-order valence-electron chi connectivity index (χ1n) is 10.6. The topological polar surface area (TPSA) is 110 Å². The maximum atomic E-state index is 12.7. The van der Waals surface area contributed by atoms with Crippen LogP contribution in [0.15, 0.2) is 77.8 Å². The normalized spacial score (nSPS) is 11.5. The molecule has 0 unspecified atom stereocenters. The number of hydrogen-bond donors (Lipinski definition) is 3. The lowest BCUT2D eigenvalue weighted by Crippen LogP contribution is -2.24. The number of aromatic hydroxyl groups is 1. The third kappa shape index (κ3) is 4.08. The summed E-state index contributed by atoms with van der Waals surface area (Å²) in [6, 6.07) is 21.3. The van der Waals surface area contributed by atoms with Crippen molar-refractivity contribution in [3.63, 3.8) is 0 Å². The molecule has 2 amide bonds. The van der Waals surface area contributed by atoms with Gasteiger partial charge in [-0.1, -0.05) is 49.4 Å². The average molecular weight is 441 g/mol. The van der Waals surface area contributed by atoms with Crippen LogP contribution in [0.25, 0.3) is 10.9 Å². The maximum Gasteiger partial charge on any atom is 0.328 e. The van der Waals surface area contributed by atoms with E-state index in [4.69, 9.17) is 10.7 Å². The van der Waals surface area contributed by atoms with E-state index in [1.807, 2.05) is 55.5 Å². The van der Waals surface area contributed by atoms with E-state index in [0.717, 1.165) is 17.5 Å². The SMILES string of the molecule is CCc1ccc2c(C(=Nc3ccc(C(N)=O)cc3)c3ccccc3)c(O)n(C(=O)NC)c2c1. The zero-order valence-corrected chi connectivity index (χ0v) is 18.4. The molecular formula is C26H24N4O3. The van der Waals surface area contributed by atoms with Crippen molar-refractivity contribution < 1.29 is 14.7 Å². The fourth-order valence-corrected chi connectivity index (χ4v) is 3.78. The molecule has 0 bridgehead atoms. The number of amides is 2. The third-order valence-corrected chi connectivity index (χ3v) is 5.51. The van der Waals surface area contributed by atoms with E-state index in [2.05, 4.69) is 5.32 Å². The Kier molecular flexibility index (Phi) is 5.95. The van der Waals surface area contributed by atoms with Crippen LogP contribution in [0.3, 0.4) is 0 Å². The van der Waals surface area contributed by atoms with Crippen LogP contribution in [0.1, 0.15) is 34.0 Å². The summed E-state index contributed by atoms with van der Waals surface area (Å²) in [5, 5.41) is 14.6. The Labute approximate surface area is 191 Å². The molecule has 0 spiro atoms. The second kappa shape index (κ2) is 9.00. The summed E-state index contributed by atoms with van der Waals surface area (Å²) in [5.41, 5.74) is 9.64. The van der Waals surface area contributed by atoms with Crippen LogP contribution >= 0.6 is 0 Å². The predicted molar refractivity (Wildman–Crippen MR) is 130 cm³/mol. The first kappa shape index (κ1) is 21.8. The molecule has 3 aromatic carbocycles. The molecule has 0 saturated carbocycles. The Morgan fingerprint density at radius 2 is 1.70 bits per heavy atom. The number of nitrogens with two attached hydrogens (primary N) is 1. The van der Waals surface area contributed by atoms with Gasteiger partial charge in [0.25, 0.3) is 0 Å². The number of carbonyl (C=O) groups excluding carboxylic acids is 2. The minimum Gasteiger partial charge on any atom is -0.494 e. The van der Waals surface area contributed by atoms with Gasteiger partial charge >= 0.3 is 6.03 Å². The molecule has 1 heterocycles. The highest BCUT2D eigenvalue weighted by Crippen LogP contribution is 2.35. The van der Waals surface area contributed by atoms with Gasteiger partial charge in [-0.05, 0) is 42.3 Å². The largest absolute Gasteiger partial charge is 0.494 e. The summed E-state index contributed by atoms with van der Waals surface area (Å²) >= 11 is 0. The average Bonchev–Trinajstić information content (AvgIpc) is 3.13. The summed E-state index contributed by atoms with van der Waals surface area (Å²) in [7, 11) is 1.52. The van der Waals surface area contributed by atoms with Crippen molar-refractivity contribution in [1.82, 2.24) is 9.88 Å². The standard InChI is InChI=1S/C26H24N4O3/c1-3-16-9-14-20-21(15-16)30(26(33)28-2)25(32)22(20)23(17-7-5-4-6-8-17)29-19-12-10-18(11-13-19)24(27)31/h4-15,32H,3H2,1-2H3,(H2,27,31)(H,28,33). The molecule has 0 saturated heterocycles. The van der Waals surface area contributed by atoms with E-state index < -0.39 is 11.9 Å². The van der Waals surface area contributed by atoms with Gasteiger partial charge in [0.2, 0.25) is 11.8 Å². The van der Waals surface area contributed by atoms with Crippen LogP contribution in [-0.4, -0.2) is 34.4 Å². The van der Waals surface area contributed by atoms with Crippen molar-refractivity contribution in [2.45, 2.75) is 13.3 Å². The van der Waals surface area contributed by atoms with Crippen molar-refractivity contribution in [2.75, 3.05) is 7.05 Å². The molecule has 166 valence electrons. The van der Waals surface area contributed by atoms with Crippen molar-refractivity contribution in [3.8, 4) is 5.88 Å². The molecule has 33 heavy (non-hydrogen) atoms. The molecule has 0 aliphatic carbocycles. The molecule has 0 aliphatic rings. The first-order chi connectivity index (χ1) is 15.9. The van der Waals surface area contributed by atoms with Crippen LogP contribution in [0, 0.1) is 0 Å². The molecule has 0 aliphatic heterocycles. The van der Waals surface area contributed by atoms with Gasteiger partial charge in [-0.3, -0.25) is 4.79 Å². The molecule has 7 heteroatoms. The van der Waals surface area contributed by atoms with Crippen LogP contribution < -0.4 is 11.1 Å². The van der Waals surface area contributed by atoms with Gasteiger partial charge in [0.15, 0.2) is 0 Å². The van der Waals surface area contributed by atoms with E-state index in [-0.39, 0.29) is 5.88 Å². The number of aryl methyl sites for hydroxylation is 1. The van der Waals surface area contributed by atoms with Crippen LogP contribution in [0.2, 0.25) is 0 Å². The summed E-state index contributed by atoms with van der Waals surface area (Å²) in [4.78, 5) is 28.9. The van der Waals surface area contributed by atoms with E-state index in [1.165, 1.54) is 11.6 Å². The lowest BCUT2D eigenvalue weighted by atomic mass is 10.00. The Morgan fingerprint density at radius 3 is 2.30 bits per heavy atom. The van der Waals surface area contributed by atoms with E-state index >= 15 is 0 Å². The molecular weight excluding hydrogens is 416 g/mol. The number of nitrogens with zero attached hydrogens (tertiary/aromatic N) is 2. The van der Waals surface area contributed by atoms with Gasteiger partial charge in [0.05, 0.1) is 22.5 Å². The second-order valence-electron chi connectivity index (χ2n) is 7.53. The first-order valence-corrected chi connectivity index (χ1v) is 10.6. The predicted octanol–water partition coefficient (Wildman–Crippen LogP) is 4.36. The van der Waals surface area contributed by atoms with Crippen LogP contribution in [0.4, 0.5) is 10.5 Å². The minimum atomic E-state index is -0.521. The Balaban J connectivity index is 2.02. The van der Waals surface area contributed by atoms with Crippen LogP contribution in [0.5, 0.6) is 5.88 Å². The van der Waals surface area contributed by atoms with Crippen LogP contribution in [-0.2, 0) is 6.42 Å². The fourth-order valence-electron chi connectivity index (χ4n) is 3.78. The molecule has 4 N–H and O–H groups in total. The Hall–Kier alpha value is -4.39. The molecule has 7 nitrogen and oxygen atoms in total. The highest BCUT2D eigenvalue weighted by Gasteiger charge is 2.25. The lowest BCUT2D eigenvalue weighted by molar-refractivity contribution is 0.1000. The quantitative estimate of drug-likeness (QED) is 0.401. The van der Waals surface area contributed by atoms with Gasteiger partial charge in [0, 0.05) is 23.6 Å². The molecule has 4 rings (SSSR count). The molecule has 0 atom stereocenters. The Morgan fingerprint density at radius 1 is 1.00 bits per heavy atom. The number of hydrogen-bond acceptors (Lipinski definition) is 4. The zero-order valence-electron chi connectivity index (χ0n) is 18.4. The van der Waals surface area contributed by atoms with E-state index in [1.54, 1.807) is 24.3 Å². The summed E-state index contributed by atoms with van der Waals surface area (Å²) in [6.07, 6.45) is 0.788. The molecule has 0 radical (unpaired) electrons. The number of rotatable bonds is 5. The maximum absolute atomic E-state index is 12.7. The fraction of sp³-hybridized carbons (Fsp3) is 0.115. The van der Waals surface area contributed by atoms with Gasteiger partial charge in [-0.25, -0.2) is 14.4 Å². The number of fused-ring (bicyclic) bond motifs is 1. The summed E-state index contributed by atoms with van der Waals surface area (Å²) < 4.78 is 1.26. The zero-order chi connectivity index (χ0) is 23.5. The third-order valence-electron chi connectivity index (χ3n) is 5.51. The smallest absolute Gasteiger partial charge is 0.328 e. The lowest BCUT2D eigenvalue weighted by Gasteiger charge is -2.09. The number of benzene rings is 3. The molecule has 4 aromatic rings. The van der Waals surface area contributed by atoms with Crippen molar-refractivity contribution in [3.05, 3.63) is 95.1 Å². The van der Waals surface area contributed by atoms with Gasteiger partial charge in [-0.2, -0.15) is 0 Å². The van der Waals surface area contributed by atoms with Crippen molar-refractivity contribution in [1.29, 1.82) is 0 Å². The van der Waals surface area contributed by atoms with E-state index in [0.29, 0.717) is 33.4 Å². The highest BCUT2D eigenvalue weighted by molar-refractivity contribution is 6.23. The number of aromatic nitrogens is 1. The number of nitrogens with one attached hydrogen (secondary N) is 1. The second-order valence-corrected chi connectivity index (χ2v) is 7.53.